The Bertz CT molecular complexity index is 356. The normalized spacial score (nSPS) is 9.23. The number of rotatable bonds is 0. The minimum Gasteiger partial charge on any atom is -0.384 e. The van der Waals surface area contributed by atoms with E-state index in [4.69, 9.17) is 28.3 Å². The van der Waals surface area contributed by atoms with Crippen LogP contribution in [-0.2, 0) is 0 Å². The molecule has 0 aliphatic heterocycles. The van der Waals surface area contributed by atoms with E-state index >= 15 is 0 Å². The third-order valence-electron chi connectivity index (χ3n) is 1.30. The molecule has 0 saturated carbocycles. The Kier molecular flexibility index (Phi) is 3.56. The van der Waals surface area contributed by atoms with Gasteiger partial charge in [0.25, 0.3) is 0 Å². The summed E-state index contributed by atoms with van der Waals surface area (Å²) in [5.74, 6) is 4.28. The van der Waals surface area contributed by atoms with Gasteiger partial charge in [-0.1, -0.05) is 35.0 Å². The van der Waals surface area contributed by atoms with Crippen LogP contribution in [0, 0.1) is 17.7 Å². The number of benzene rings is 1. The van der Waals surface area contributed by atoms with Gasteiger partial charge in [-0.3, -0.25) is 0 Å². The van der Waals surface area contributed by atoms with Crippen molar-refractivity contribution < 1.29 is 9.50 Å². The number of hydrogen-bond donors (Lipinski definition) is 1. The predicted octanol–water partition coefficient (Wildman–Crippen LogP) is 2.48. The summed E-state index contributed by atoms with van der Waals surface area (Å²) >= 11 is 11.1. The highest BCUT2D eigenvalue weighted by molar-refractivity contribution is 6.42. The molecule has 1 aromatic carbocycles. The van der Waals surface area contributed by atoms with Crippen molar-refractivity contribution in [3.05, 3.63) is 33.6 Å². The molecule has 68 valence electrons. The van der Waals surface area contributed by atoms with Crippen molar-refractivity contribution in [3.63, 3.8) is 0 Å². The van der Waals surface area contributed by atoms with Gasteiger partial charge in [-0.05, 0) is 12.1 Å². The lowest BCUT2D eigenvalue weighted by Crippen LogP contribution is -1.83. The van der Waals surface area contributed by atoms with Gasteiger partial charge in [-0.25, -0.2) is 4.39 Å². The summed E-state index contributed by atoms with van der Waals surface area (Å²) < 4.78 is 12.9. The summed E-state index contributed by atoms with van der Waals surface area (Å²) in [6.45, 7) is -0.276. The maximum atomic E-state index is 12.9. The molecule has 0 aliphatic rings. The maximum absolute atomic E-state index is 12.9. The van der Waals surface area contributed by atoms with Crippen molar-refractivity contribution in [1.82, 2.24) is 0 Å². The Morgan fingerprint density at radius 1 is 1.38 bits per heavy atom. The highest BCUT2D eigenvalue weighted by Gasteiger charge is 2.05. The first kappa shape index (κ1) is 10.3. The average Bonchev–Trinajstić information content (AvgIpc) is 2.10. The third kappa shape index (κ3) is 2.60. The van der Waals surface area contributed by atoms with Crippen molar-refractivity contribution in [3.8, 4) is 11.8 Å². The molecule has 1 rings (SSSR count). The zero-order chi connectivity index (χ0) is 9.84. The summed E-state index contributed by atoms with van der Waals surface area (Å²) in [7, 11) is 0. The molecule has 0 atom stereocenters. The molecule has 0 aromatic heterocycles. The summed E-state index contributed by atoms with van der Waals surface area (Å²) in [4.78, 5) is 0. The molecular weight excluding hydrogens is 214 g/mol. The van der Waals surface area contributed by atoms with E-state index in [2.05, 4.69) is 11.8 Å². The number of hydrogen-bond acceptors (Lipinski definition) is 1. The van der Waals surface area contributed by atoms with Crippen molar-refractivity contribution in [1.29, 1.82) is 0 Å². The zero-order valence-corrected chi connectivity index (χ0v) is 7.95. The van der Waals surface area contributed by atoms with Gasteiger partial charge >= 0.3 is 0 Å². The first-order valence-corrected chi connectivity index (χ1v) is 4.15. The van der Waals surface area contributed by atoms with Crippen LogP contribution in [0.4, 0.5) is 4.39 Å². The topological polar surface area (TPSA) is 20.2 Å². The molecule has 13 heavy (non-hydrogen) atoms. The monoisotopic (exact) mass is 218 g/mol. The Hall–Kier alpha value is -0.750. The van der Waals surface area contributed by atoms with Crippen molar-refractivity contribution in [2.45, 2.75) is 0 Å². The van der Waals surface area contributed by atoms with E-state index in [1.54, 1.807) is 0 Å². The second-order valence-electron chi connectivity index (χ2n) is 2.21. The molecule has 0 radical (unpaired) electrons. The van der Waals surface area contributed by atoms with Crippen LogP contribution in [0.2, 0.25) is 10.0 Å². The SMILES string of the molecule is OCC#Cc1cc(F)c(Cl)c(Cl)c1. The van der Waals surface area contributed by atoms with E-state index in [1.165, 1.54) is 6.07 Å². The Labute approximate surface area is 85.1 Å². The van der Waals surface area contributed by atoms with Crippen molar-refractivity contribution >= 4 is 23.2 Å². The van der Waals surface area contributed by atoms with Gasteiger partial charge in [-0.15, -0.1) is 0 Å². The molecular formula is C9H5Cl2FO. The molecule has 0 heterocycles. The van der Waals surface area contributed by atoms with Gasteiger partial charge in [0.2, 0.25) is 0 Å². The van der Waals surface area contributed by atoms with Crippen LogP contribution < -0.4 is 0 Å². The number of aliphatic hydroxyl groups excluding tert-OH is 1. The summed E-state index contributed by atoms with van der Waals surface area (Å²) in [5, 5.41) is 8.39. The summed E-state index contributed by atoms with van der Waals surface area (Å²) in [6, 6.07) is 2.60. The molecule has 0 aliphatic carbocycles. The van der Waals surface area contributed by atoms with Crippen molar-refractivity contribution in [2.75, 3.05) is 6.61 Å². The minimum absolute atomic E-state index is 0.115. The Morgan fingerprint density at radius 2 is 2.08 bits per heavy atom. The van der Waals surface area contributed by atoms with E-state index in [1.807, 2.05) is 0 Å². The van der Waals surface area contributed by atoms with Crippen LogP contribution in [0.25, 0.3) is 0 Å². The summed E-state index contributed by atoms with van der Waals surface area (Å²) in [5.41, 5.74) is 0.390. The zero-order valence-electron chi connectivity index (χ0n) is 6.44. The molecule has 1 aromatic rings. The highest BCUT2D eigenvalue weighted by Crippen LogP contribution is 2.25. The van der Waals surface area contributed by atoms with Gasteiger partial charge < -0.3 is 5.11 Å². The first-order chi connectivity index (χ1) is 6.15. The van der Waals surface area contributed by atoms with Gasteiger partial charge in [0.1, 0.15) is 12.4 Å². The average molecular weight is 219 g/mol. The second-order valence-corrected chi connectivity index (χ2v) is 3.00. The predicted molar refractivity (Wildman–Crippen MR) is 50.4 cm³/mol. The molecule has 0 bridgehead atoms. The summed E-state index contributed by atoms with van der Waals surface area (Å²) in [6.07, 6.45) is 0. The standard InChI is InChI=1S/C9H5Cl2FO/c10-7-4-6(2-1-3-13)5-8(12)9(7)11/h4-5,13H,3H2. The van der Waals surface area contributed by atoms with E-state index in [-0.39, 0.29) is 16.7 Å². The lowest BCUT2D eigenvalue weighted by molar-refractivity contribution is 0.350. The molecule has 0 amide bonds. The van der Waals surface area contributed by atoms with Crippen LogP contribution >= 0.6 is 23.2 Å². The van der Waals surface area contributed by atoms with Crippen LogP contribution in [0.1, 0.15) is 5.56 Å². The fourth-order valence-electron chi connectivity index (χ4n) is 0.769. The molecule has 0 fully saturated rings. The second kappa shape index (κ2) is 4.48. The van der Waals surface area contributed by atoms with Crippen molar-refractivity contribution in [2.24, 2.45) is 0 Å². The fourth-order valence-corrected chi connectivity index (χ4v) is 1.09. The fraction of sp³-hybridized carbons (Fsp3) is 0.111. The molecule has 0 unspecified atom stereocenters. The van der Waals surface area contributed by atoms with Gasteiger partial charge in [-0.2, -0.15) is 0 Å². The number of aliphatic hydroxyl groups is 1. The lowest BCUT2D eigenvalue weighted by Gasteiger charge is -1.97. The van der Waals surface area contributed by atoms with E-state index in [0.29, 0.717) is 5.56 Å². The highest BCUT2D eigenvalue weighted by atomic mass is 35.5. The largest absolute Gasteiger partial charge is 0.384 e. The lowest BCUT2D eigenvalue weighted by atomic mass is 10.2. The molecule has 1 N–H and O–H groups in total. The minimum atomic E-state index is -0.614. The van der Waals surface area contributed by atoms with E-state index < -0.39 is 5.82 Å². The van der Waals surface area contributed by atoms with Crippen LogP contribution in [0.5, 0.6) is 0 Å². The molecule has 0 saturated heterocycles. The van der Waals surface area contributed by atoms with Gasteiger partial charge in [0.05, 0.1) is 10.0 Å². The van der Waals surface area contributed by atoms with E-state index in [9.17, 15) is 4.39 Å². The Balaban J connectivity index is 3.13. The molecule has 4 heteroatoms. The first-order valence-electron chi connectivity index (χ1n) is 3.39. The smallest absolute Gasteiger partial charge is 0.144 e. The molecule has 0 spiro atoms. The quantitative estimate of drug-likeness (QED) is 0.524. The molecule has 1 nitrogen and oxygen atoms in total. The third-order valence-corrected chi connectivity index (χ3v) is 2.07. The van der Waals surface area contributed by atoms with Crippen LogP contribution in [0.3, 0.4) is 0 Å². The van der Waals surface area contributed by atoms with Crippen LogP contribution in [-0.4, -0.2) is 11.7 Å². The Morgan fingerprint density at radius 3 is 2.62 bits per heavy atom. The number of halogens is 3. The van der Waals surface area contributed by atoms with Gasteiger partial charge in [0.15, 0.2) is 0 Å². The van der Waals surface area contributed by atoms with Crippen LogP contribution in [0.15, 0.2) is 12.1 Å². The van der Waals surface area contributed by atoms with E-state index in [0.717, 1.165) is 6.07 Å². The van der Waals surface area contributed by atoms with Gasteiger partial charge in [0, 0.05) is 5.56 Å². The maximum Gasteiger partial charge on any atom is 0.144 e.